The van der Waals surface area contributed by atoms with Crippen molar-refractivity contribution in [2.24, 2.45) is 0 Å². The number of rotatable bonds is 5. The van der Waals surface area contributed by atoms with E-state index in [0.717, 1.165) is 42.6 Å². The van der Waals surface area contributed by atoms with E-state index in [4.69, 9.17) is 14.0 Å². The molecule has 10 heteroatoms. The zero-order valence-corrected chi connectivity index (χ0v) is 17.2. The van der Waals surface area contributed by atoms with E-state index in [1.165, 1.54) is 0 Å². The van der Waals surface area contributed by atoms with Crippen molar-refractivity contribution in [3.05, 3.63) is 36.4 Å². The highest BCUT2D eigenvalue weighted by molar-refractivity contribution is 5.80. The Morgan fingerprint density at radius 1 is 1.00 bits per heavy atom. The summed E-state index contributed by atoms with van der Waals surface area (Å²) in [6.45, 7) is 2.43. The van der Waals surface area contributed by atoms with Gasteiger partial charge in [0, 0.05) is 30.6 Å². The van der Waals surface area contributed by atoms with Gasteiger partial charge in [0.05, 0.1) is 12.1 Å². The molecule has 1 saturated heterocycles. The molecule has 32 heavy (non-hydrogen) atoms. The Morgan fingerprint density at radius 3 is 2.75 bits per heavy atom. The minimum atomic E-state index is 0.172. The van der Waals surface area contributed by atoms with Gasteiger partial charge in [-0.15, -0.1) is 5.10 Å². The molecule has 0 unspecified atom stereocenters. The van der Waals surface area contributed by atoms with Crippen LogP contribution < -0.4 is 9.47 Å². The van der Waals surface area contributed by atoms with Gasteiger partial charge in [-0.1, -0.05) is 10.4 Å². The van der Waals surface area contributed by atoms with E-state index in [-0.39, 0.29) is 12.7 Å². The lowest BCUT2D eigenvalue weighted by molar-refractivity contribution is -0.130. The van der Waals surface area contributed by atoms with Crippen LogP contribution in [0.5, 0.6) is 11.5 Å². The quantitative estimate of drug-likeness (QED) is 0.474. The summed E-state index contributed by atoms with van der Waals surface area (Å²) in [5, 5.41) is 12.6. The first-order chi connectivity index (χ1) is 15.7. The maximum atomic E-state index is 12.3. The number of aryl methyl sites for hydroxylation is 1. The second-order valence-corrected chi connectivity index (χ2v) is 7.85. The summed E-state index contributed by atoms with van der Waals surface area (Å²) in [7, 11) is 0. The van der Waals surface area contributed by atoms with Crippen molar-refractivity contribution in [1.29, 1.82) is 0 Å². The summed E-state index contributed by atoms with van der Waals surface area (Å²) < 4.78 is 18.0. The molecule has 0 radical (unpaired) electrons. The van der Waals surface area contributed by atoms with Gasteiger partial charge in [0.1, 0.15) is 5.52 Å². The summed E-state index contributed by atoms with van der Waals surface area (Å²) >= 11 is 0. The van der Waals surface area contributed by atoms with Gasteiger partial charge < -0.3 is 18.9 Å². The third-order valence-electron chi connectivity index (χ3n) is 5.81. The van der Waals surface area contributed by atoms with Gasteiger partial charge in [-0.25, -0.2) is 4.68 Å². The molecular formula is C22H20N6O4. The van der Waals surface area contributed by atoms with Crippen molar-refractivity contribution in [1.82, 2.24) is 30.0 Å². The van der Waals surface area contributed by atoms with Gasteiger partial charge in [-0.05, 0) is 49.2 Å². The minimum absolute atomic E-state index is 0.172. The molecule has 6 rings (SSSR count). The highest BCUT2D eigenvalue weighted by atomic mass is 16.7. The van der Waals surface area contributed by atoms with E-state index in [2.05, 4.69) is 20.5 Å². The van der Waals surface area contributed by atoms with Gasteiger partial charge in [-0.2, -0.15) is 4.98 Å². The Kier molecular flexibility index (Phi) is 4.48. The summed E-state index contributed by atoms with van der Waals surface area (Å²) in [6.07, 6.45) is 2.60. The predicted octanol–water partition coefficient (Wildman–Crippen LogP) is 2.89. The fraction of sp³-hybridized carbons (Fsp3) is 0.318. The molecule has 1 amide bonds. The second-order valence-electron chi connectivity index (χ2n) is 7.85. The predicted molar refractivity (Wildman–Crippen MR) is 113 cm³/mol. The van der Waals surface area contributed by atoms with Crippen molar-refractivity contribution >= 4 is 16.9 Å². The number of aromatic nitrogens is 5. The van der Waals surface area contributed by atoms with Gasteiger partial charge in [0.25, 0.3) is 5.89 Å². The molecule has 0 saturated carbocycles. The molecule has 162 valence electrons. The third kappa shape index (κ3) is 3.33. The third-order valence-corrected chi connectivity index (χ3v) is 5.81. The number of fused-ring (bicyclic) bond motifs is 2. The first-order valence-electron chi connectivity index (χ1n) is 10.6. The molecule has 2 aliphatic rings. The fourth-order valence-corrected chi connectivity index (χ4v) is 4.09. The van der Waals surface area contributed by atoms with Crippen molar-refractivity contribution in [2.45, 2.75) is 25.8 Å². The zero-order valence-electron chi connectivity index (χ0n) is 17.2. The lowest BCUT2D eigenvalue weighted by Crippen LogP contribution is -2.28. The molecule has 4 heterocycles. The van der Waals surface area contributed by atoms with Gasteiger partial charge in [0.2, 0.25) is 18.5 Å². The largest absolute Gasteiger partial charge is 0.454 e. The number of carbonyl (C=O) groups excluding carboxylic acids is 1. The molecule has 2 aromatic heterocycles. The van der Waals surface area contributed by atoms with E-state index in [1.54, 1.807) is 4.68 Å². The van der Waals surface area contributed by atoms with Crippen LogP contribution in [0.1, 0.15) is 19.3 Å². The number of benzene rings is 2. The van der Waals surface area contributed by atoms with Crippen molar-refractivity contribution in [3.8, 4) is 34.3 Å². The Labute approximate surface area is 182 Å². The normalized spacial score (nSPS) is 15.1. The van der Waals surface area contributed by atoms with Gasteiger partial charge in [0.15, 0.2) is 11.5 Å². The van der Waals surface area contributed by atoms with Gasteiger partial charge >= 0.3 is 0 Å². The number of likely N-dealkylation sites (tertiary alicyclic amines) is 1. The molecule has 0 aliphatic carbocycles. The van der Waals surface area contributed by atoms with Crippen molar-refractivity contribution in [3.63, 3.8) is 0 Å². The maximum absolute atomic E-state index is 12.3. The van der Waals surface area contributed by atoms with Crippen LogP contribution in [0.4, 0.5) is 0 Å². The van der Waals surface area contributed by atoms with Crippen LogP contribution in [0.3, 0.4) is 0 Å². The molecule has 0 atom stereocenters. The van der Waals surface area contributed by atoms with Crippen LogP contribution in [-0.4, -0.2) is 55.8 Å². The molecular weight excluding hydrogens is 412 g/mol. The Morgan fingerprint density at radius 2 is 1.84 bits per heavy atom. The van der Waals surface area contributed by atoms with Crippen LogP contribution in [0, 0.1) is 0 Å². The van der Waals surface area contributed by atoms with E-state index in [0.29, 0.717) is 41.7 Å². The van der Waals surface area contributed by atoms with Gasteiger partial charge in [-0.3, -0.25) is 4.79 Å². The standard InChI is InChI=1S/C22H20N6O4/c29-20(27-8-1-2-9-27)7-10-28-17-5-3-14(11-16(17)24-26-28)21-23-22(32-25-21)15-4-6-18-19(12-15)31-13-30-18/h3-6,11-12H,1-2,7-10,13H2. The summed E-state index contributed by atoms with van der Waals surface area (Å²) in [4.78, 5) is 18.8. The lowest BCUT2D eigenvalue weighted by atomic mass is 10.2. The van der Waals surface area contributed by atoms with E-state index in [1.807, 2.05) is 41.3 Å². The van der Waals surface area contributed by atoms with E-state index >= 15 is 0 Å². The van der Waals surface area contributed by atoms with Crippen LogP contribution in [0.2, 0.25) is 0 Å². The maximum Gasteiger partial charge on any atom is 0.258 e. The monoisotopic (exact) mass is 432 g/mol. The van der Waals surface area contributed by atoms with Crippen molar-refractivity contribution < 1.29 is 18.8 Å². The lowest BCUT2D eigenvalue weighted by Gasteiger charge is -2.14. The highest BCUT2D eigenvalue weighted by Crippen LogP contribution is 2.36. The minimum Gasteiger partial charge on any atom is -0.454 e. The van der Waals surface area contributed by atoms with Crippen LogP contribution >= 0.6 is 0 Å². The SMILES string of the molecule is O=C(CCn1nnc2cc(-c3noc(-c4ccc5c(c4)OCO5)n3)ccc21)N1CCCC1. The molecule has 2 aliphatic heterocycles. The smallest absolute Gasteiger partial charge is 0.258 e. The topological polar surface area (TPSA) is 108 Å². The molecule has 4 aromatic rings. The Hall–Kier alpha value is -3.95. The molecule has 0 spiro atoms. The molecule has 2 aromatic carbocycles. The molecule has 1 fully saturated rings. The van der Waals surface area contributed by atoms with Crippen LogP contribution in [0.15, 0.2) is 40.9 Å². The van der Waals surface area contributed by atoms with E-state index in [9.17, 15) is 4.79 Å². The number of ether oxygens (including phenoxy) is 2. The number of amides is 1. The summed E-state index contributed by atoms with van der Waals surface area (Å²) in [6, 6.07) is 11.2. The average molecular weight is 432 g/mol. The Bertz CT molecular complexity index is 1310. The molecule has 10 nitrogen and oxygen atoms in total. The summed E-state index contributed by atoms with van der Waals surface area (Å²) in [5.41, 5.74) is 3.10. The first kappa shape index (κ1) is 18.8. The number of hydrogen-bond donors (Lipinski definition) is 0. The first-order valence-corrected chi connectivity index (χ1v) is 10.6. The van der Waals surface area contributed by atoms with Crippen molar-refractivity contribution in [2.75, 3.05) is 19.9 Å². The number of carbonyl (C=O) groups is 1. The number of nitrogens with zero attached hydrogens (tertiary/aromatic N) is 6. The highest BCUT2D eigenvalue weighted by Gasteiger charge is 2.19. The average Bonchev–Trinajstić information content (AvgIpc) is 3.62. The van der Waals surface area contributed by atoms with Crippen LogP contribution in [0.25, 0.3) is 33.9 Å². The number of hydrogen-bond acceptors (Lipinski definition) is 8. The summed E-state index contributed by atoms with van der Waals surface area (Å²) in [5.74, 6) is 2.37. The Balaban J connectivity index is 1.20. The molecule has 0 bridgehead atoms. The molecule has 0 N–H and O–H groups in total. The van der Waals surface area contributed by atoms with E-state index < -0.39 is 0 Å². The second kappa shape index (κ2) is 7.63. The fourth-order valence-electron chi connectivity index (χ4n) is 4.09. The van der Waals surface area contributed by atoms with Crippen LogP contribution in [-0.2, 0) is 11.3 Å². The zero-order chi connectivity index (χ0) is 21.5.